The number of tetrazole rings is 1. The molecule has 0 aliphatic heterocycles. The third kappa shape index (κ3) is 3.09. The van der Waals surface area contributed by atoms with Crippen molar-refractivity contribution in [2.75, 3.05) is 5.32 Å². The van der Waals surface area contributed by atoms with E-state index in [1.807, 2.05) is 0 Å². The number of aryl methyl sites for hydroxylation is 1. The van der Waals surface area contributed by atoms with Crippen molar-refractivity contribution in [3.05, 3.63) is 64.7 Å². The highest BCUT2D eigenvalue weighted by atomic mass is 32.2. The predicted octanol–water partition coefficient (Wildman–Crippen LogP) is 2.10. The van der Waals surface area contributed by atoms with Crippen molar-refractivity contribution in [3.8, 4) is 0 Å². The minimum absolute atomic E-state index is 0.193. The van der Waals surface area contributed by atoms with Gasteiger partial charge < -0.3 is 5.32 Å². The summed E-state index contributed by atoms with van der Waals surface area (Å²) in [5.74, 6) is -0.682. The molecule has 1 aliphatic rings. The van der Waals surface area contributed by atoms with E-state index in [-0.39, 0.29) is 17.5 Å². The lowest BCUT2D eigenvalue weighted by molar-refractivity contribution is -0.115. The maximum atomic E-state index is 12.8. The highest BCUT2D eigenvalue weighted by molar-refractivity contribution is 8.00. The van der Waals surface area contributed by atoms with Crippen LogP contribution in [0.1, 0.15) is 38.8 Å². The van der Waals surface area contributed by atoms with Crippen LogP contribution in [0.25, 0.3) is 0 Å². The van der Waals surface area contributed by atoms with Crippen molar-refractivity contribution in [1.82, 2.24) is 20.2 Å². The van der Waals surface area contributed by atoms with Crippen LogP contribution in [-0.2, 0) is 11.8 Å². The van der Waals surface area contributed by atoms with E-state index in [0.717, 1.165) is 0 Å². The summed E-state index contributed by atoms with van der Waals surface area (Å²) in [5.41, 5.74) is 1.86. The molecule has 3 aromatic rings. The van der Waals surface area contributed by atoms with Crippen LogP contribution < -0.4 is 5.32 Å². The normalized spacial score (nSPS) is 13.6. The van der Waals surface area contributed by atoms with E-state index in [1.54, 1.807) is 56.4 Å². The van der Waals surface area contributed by atoms with Crippen LogP contribution in [0.3, 0.4) is 0 Å². The Balaban J connectivity index is 1.56. The van der Waals surface area contributed by atoms with Crippen LogP contribution in [0.15, 0.2) is 47.6 Å². The molecule has 1 heterocycles. The number of hydrogen-bond donors (Lipinski definition) is 1. The fraction of sp³-hybridized carbons (Fsp3) is 0.158. The Morgan fingerprint density at radius 1 is 1.04 bits per heavy atom. The second-order valence-electron chi connectivity index (χ2n) is 6.30. The molecule has 28 heavy (non-hydrogen) atoms. The van der Waals surface area contributed by atoms with Gasteiger partial charge in [0.15, 0.2) is 11.6 Å². The Kier molecular flexibility index (Phi) is 4.52. The molecule has 1 aliphatic carbocycles. The van der Waals surface area contributed by atoms with Gasteiger partial charge in [-0.15, -0.1) is 5.10 Å². The summed E-state index contributed by atoms with van der Waals surface area (Å²) in [6.45, 7) is 1.73. The molecule has 0 spiro atoms. The average molecular weight is 393 g/mol. The second kappa shape index (κ2) is 7.01. The molecule has 0 saturated carbocycles. The van der Waals surface area contributed by atoms with Crippen molar-refractivity contribution >= 4 is 34.9 Å². The first-order chi connectivity index (χ1) is 13.5. The van der Waals surface area contributed by atoms with Crippen molar-refractivity contribution < 1.29 is 14.4 Å². The third-order valence-electron chi connectivity index (χ3n) is 4.43. The number of carbonyl (C=O) groups is 3. The summed E-state index contributed by atoms with van der Waals surface area (Å²) < 4.78 is 1.48. The first-order valence-corrected chi connectivity index (χ1v) is 9.36. The predicted molar refractivity (Wildman–Crippen MR) is 102 cm³/mol. The molecule has 9 heteroatoms. The maximum Gasteiger partial charge on any atom is 0.237 e. The molecule has 0 saturated heterocycles. The molecule has 1 atom stereocenters. The quantitative estimate of drug-likeness (QED) is 0.529. The lowest BCUT2D eigenvalue weighted by Crippen LogP contribution is -2.24. The summed E-state index contributed by atoms with van der Waals surface area (Å²) in [7, 11) is 1.69. The Labute approximate surface area is 164 Å². The number of ketones is 2. The minimum atomic E-state index is -0.459. The standard InChI is InChI=1S/C19H15N5O3S/c1-10(28-19-21-22-23-24(19)2)18(27)20-11-7-8-14-15(9-11)17(26)13-6-4-3-5-12(13)16(14)25/h3-10H,1-2H3,(H,20,27)/t10-/m0/s1. The van der Waals surface area contributed by atoms with Gasteiger partial charge in [0, 0.05) is 35.0 Å². The first kappa shape index (κ1) is 18.1. The molecular formula is C19H15N5O3S. The zero-order valence-electron chi connectivity index (χ0n) is 15.0. The van der Waals surface area contributed by atoms with Crippen LogP contribution in [0.2, 0.25) is 0 Å². The molecule has 2 aromatic carbocycles. The van der Waals surface area contributed by atoms with Crippen molar-refractivity contribution in [1.29, 1.82) is 0 Å². The number of aromatic nitrogens is 4. The molecule has 0 radical (unpaired) electrons. The second-order valence-corrected chi connectivity index (χ2v) is 7.61. The lowest BCUT2D eigenvalue weighted by atomic mass is 9.84. The van der Waals surface area contributed by atoms with Gasteiger partial charge in [0.2, 0.25) is 11.1 Å². The van der Waals surface area contributed by atoms with E-state index in [2.05, 4.69) is 20.8 Å². The van der Waals surface area contributed by atoms with Gasteiger partial charge >= 0.3 is 0 Å². The van der Waals surface area contributed by atoms with Crippen LogP contribution >= 0.6 is 11.8 Å². The Bertz CT molecular complexity index is 1120. The van der Waals surface area contributed by atoms with Crippen molar-refractivity contribution in [2.45, 2.75) is 17.3 Å². The molecule has 140 valence electrons. The van der Waals surface area contributed by atoms with E-state index < -0.39 is 5.25 Å². The molecule has 1 N–H and O–H groups in total. The van der Waals surface area contributed by atoms with Crippen LogP contribution in [0, 0.1) is 0 Å². The number of carbonyl (C=O) groups excluding carboxylic acids is 3. The van der Waals surface area contributed by atoms with E-state index in [1.165, 1.54) is 16.4 Å². The van der Waals surface area contributed by atoms with Gasteiger partial charge in [-0.05, 0) is 35.5 Å². The van der Waals surface area contributed by atoms with Crippen molar-refractivity contribution in [3.63, 3.8) is 0 Å². The average Bonchev–Trinajstić information content (AvgIpc) is 3.10. The van der Waals surface area contributed by atoms with Gasteiger partial charge in [0.1, 0.15) is 0 Å². The van der Waals surface area contributed by atoms with Gasteiger partial charge in [-0.3, -0.25) is 14.4 Å². The van der Waals surface area contributed by atoms with E-state index in [4.69, 9.17) is 0 Å². The molecule has 1 aromatic heterocycles. The Morgan fingerprint density at radius 3 is 2.32 bits per heavy atom. The number of hydrogen-bond acceptors (Lipinski definition) is 7. The highest BCUT2D eigenvalue weighted by Gasteiger charge is 2.29. The number of thioether (sulfide) groups is 1. The number of fused-ring (bicyclic) bond motifs is 2. The Hall–Kier alpha value is -3.33. The summed E-state index contributed by atoms with van der Waals surface area (Å²) in [6.07, 6.45) is 0. The van der Waals surface area contributed by atoms with Gasteiger partial charge in [0.25, 0.3) is 0 Å². The van der Waals surface area contributed by atoms with Gasteiger partial charge in [-0.25, -0.2) is 4.68 Å². The molecule has 8 nitrogen and oxygen atoms in total. The van der Waals surface area contributed by atoms with Crippen LogP contribution in [0.4, 0.5) is 5.69 Å². The molecule has 4 rings (SSSR count). The number of nitrogens with one attached hydrogen (secondary N) is 1. The van der Waals surface area contributed by atoms with E-state index in [9.17, 15) is 14.4 Å². The summed E-state index contributed by atoms with van der Waals surface area (Å²) in [5, 5.41) is 14.0. The fourth-order valence-electron chi connectivity index (χ4n) is 2.95. The fourth-order valence-corrected chi connectivity index (χ4v) is 3.71. The molecule has 0 fully saturated rings. The molecule has 1 amide bonds. The van der Waals surface area contributed by atoms with E-state index in [0.29, 0.717) is 33.1 Å². The number of benzene rings is 2. The summed E-state index contributed by atoms with van der Waals surface area (Å²) in [6, 6.07) is 11.5. The summed E-state index contributed by atoms with van der Waals surface area (Å²) >= 11 is 1.22. The Morgan fingerprint density at radius 2 is 1.68 bits per heavy atom. The first-order valence-electron chi connectivity index (χ1n) is 8.48. The maximum absolute atomic E-state index is 12.8. The number of nitrogens with zero attached hydrogens (tertiary/aromatic N) is 4. The zero-order chi connectivity index (χ0) is 19.8. The van der Waals surface area contributed by atoms with Crippen LogP contribution in [0.5, 0.6) is 0 Å². The summed E-state index contributed by atoms with van der Waals surface area (Å²) in [4.78, 5) is 37.9. The zero-order valence-corrected chi connectivity index (χ0v) is 15.9. The van der Waals surface area contributed by atoms with Gasteiger partial charge in [-0.2, -0.15) is 0 Å². The molecule has 0 unspecified atom stereocenters. The monoisotopic (exact) mass is 393 g/mol. The van der Waals surface area contributed by atoms with Crippen molar-refractivity contribution in [2.24, 2.45) is 7.05 Å². The van der Waals surface area contributed by atoms with Gasteiger partial charge in [0.05, 0.1) is 5.25 Å². The number of rotatable bonds is 4. The highest BCUT2D eigenvalue weighted by Crippen LogP contribution is 2.29. The third-order valence-corrected chi connectivity index (χ3v) is 5.55. The number of amides is 1. The SMILES string of the molecule is C[C@H](Sc1nnnn1C)C(=O)Nc1ccc2c(c1)C(=O)c1ccccc1C2=O. The smallest absolute Gasteiger partial charge is 0.237 e. The molecular weight excluding hydrogens is 378 g/mol. The largest absolute Gasteiger partial charge is 0.325 e. The number of anilines is 1. The molecule has 0 bridgehead atoms. The van der Waals surface area contributed by atoms with Gasteiger partial charge in [-0.1, -0.05) is 36.0 Å². The topological polar surface area (TPSA) is 107 Å². The van der Waals surface area contributed by atoms with Crippen LogP contribution in [-0.4, -0.2) is 42.9 Å². The lowest BCUT2D eigenvalue weighted by Gasteiger charge is -2.18. The van der Waals surface area contributed by atoms with E-state index >= 15 is 0 Å². The minimum Gasteiger partial charge on any atom is -0.325 e.